The van der Waals surface area contributed by atoms with Crippen LogP contribution in [0.4, 0.5) is 4.79 Å². The molecule has 2 atom stereocenters. The van der Waals surface area contributed by atoms with Crippen molar-refractivity contribution in [2.24, 2.45) is 0 Å². The van der Waals surface area contributed by atoms with Gasteiger partial charge < -0.3 is 19.9 Å². The second-order valence-electron chi connectivity index (χ2n) is 6.35. The van der Waals surface area contributed by atoms with Crippen LogP contribution < -0.4 is 5.32 Å². The quantitative estimate of drug-likeness (QED) is 0.698. The zero-order valence-corrected chi connectivity index (χ0v) is 11.9. The van der Waals surface area contributed by atoms with Crippen molar-refractivity contribution >= 4 is 6.09 Å². The number of hydrogen-bond donors (Lipinski definition) is 1. The molecule has 0 bridgehead atoms. The number of carbonyl (C=O) groups is 1. The lowest BCUT2D eigenvalue weighted by Gasteiger charge is -2.46. The number of likely N-dealkylation sites (tertiary alicyclic amines) is 1. The number of piperidine rings is 1. The smallest absolute Gasteiger partial charge is 0.410 e. The predicted molar refractivity (Wildman–Crippen MR) is 70.6 cm³/mol. The van der Waals surface area contributed by atoms with Crippen molar-refractivity contribution in [1.82, 2.24) is 15.1 Å². The van der Waals surface area contributed by atoms with E-state index in [1.807, 2.05) is 25.7 Å². The van der Waals surface area contributed by atoms with Gasteiger partial charge in [0.05, 0.1) is 6.04 Å². The summed E-state index contributed by atoms with van der Waals surface area (Å²) >= 11 is 0. The van der Waals surface area contributed by atoms with Crippen LogP contribution in [0.2, 0.25) is 0 Å². The maximum Gasteiger partial charge on any atom is 0.410 e. The molecule has 0 aromatic carbocycles. The summed E-state index contributed by atoms with van der Waals surface area (Å²) in [6, 6.07) is 0.662. The van der Waals surface area contributed by atoms with Crippen LogP contribution in [0.25, 0.3) is 0 Å². The summed E-state index contributed by atoms with van der Waals surface area (Å²) in [7, 11) is 2.13. The highest BCUT2D eigenvalue weighted by atomic mass is 16.6. The van der Waals surface area contributed by atoms with Crippen molar-refractivity contribution in [3.8, 4) is 0 Å². The molecule has 2 heterocycles. The third kappa shape index (κ3) is 3.14. The Balaban J connectivity index is 2.01. The second kappa shape index (κ2) is 5.05. The number of rotatable bonds is 0. The minimum Gasteiger partial charge on any atom is -0.444 e. The molecular formula is C13H25N3O2. The molecule has 2 fully saturated rings. The lowest BCUT2D eigenvalue weighted by molar-refractivity contribution is -0.00542. The molecule has 0 aliphatic carbocycles. The lowest BCUT2D eigenvalue weighted by Crippen LogP contribution is -2.65. The molecule has 0 spiro atoms. The summed E-state index contributed by atoms with van der Waals surface area (Å²) < 4.78 is 5.50. The van der Waals surface area contributed by atoms with Crippen molar-refractivity contribution < 1.29 is 9.53 Å². The van der Waals surface area contributed by atoms with Crippen LogP contribution in [0, 0.1) is 0 Å². The average Bonchev–Trinajstić information content (AvgIpc) is 2.25. The monoisotopic (exact) mass is 255 g/mol. The van der Waals surface area contributed by atoms with Crippen molar-refractivity contribution in [1.29, 1.82) is 0 Å². The van der Waals surface area contributed by atoms with Gasteiger partial charge >= 0.3 is 6.09 Å². The van der Waals surface area contributed by atoms with Gasteiger partial charge in [-0.25, -0.2) is 4.79 Å². The second-order valence-corrected chi connectivity index (χ2v) is 6.35. The third-order valence-corrected chi connectivity index (χ3v) is 3.57. The number of ether oxygens (including phenoxy) is 1. The molecule has 1 N–H and O–H groups in total. The fraction of sp³-hybridized carbons (Fsp3) is 0.923. The van der Waals surface area contributed by atoms with Gasteiger partial charge in [0.15, 0.2) is 0 Å². The minimum absolute atomic E-state index is 0.163. The lowest BCUT2D eigenvalue weighted by atomic mass is 9.96. The molecule has 1 amide bonds. The molecule has 0 radical (unpaired) electrons. The Hall–Kier alpha value is -0.810. The molecular weight excluding hydrogens is 230 g/mol. The van der Waals surface area contributed by atoms with Crippen LogP contribution >= 0.6 is 0 Å². The molecule has 5 heteroatoms. The largest absolute Gasteiger partial charge is 0.444 e. The van der Waals surface area contributed by atoms with Crippen LogP contribution in [0.5, 0.6) is 0 Å². The number of nitrogens with one attached hydrogen (secondary N) is 1. The van der Waals surface area contributed by atoms with E-state index >= 15 is 0 Å². The number of likely N-dealkylation sites (N-methyl/N-ethyl adjacent to an activating group) is 1. The first-order valence-electron chi connectivity index (χ1n) is 6.78. The number of hydrogen-bond acceptors (Lipinski definition) is 4. The zero-order valence-electron chi connectivity index (χ0n) is 11.9. The van der Waals surface area contributed by atoms with E-state index in [9.17, 15) is 4.79 Å². The van der Waals surface area contributed by atoms with Gasteiger partial charge in [0.2, 0.25) is 0 Å². The molecule has 2 unspecified atom stereocenters. The molecule has 2 saturated heterocycles. The van der Waals surface area contributed by atoms with Gasteiger partial charge in [-0.15, -0.1) is 0 Å². The molecule has 104 valence electrons. The van der Waals surface area contributed by atoms with E-state index in [4.69, 9.17) is 4.74 Å². The van der Waals surface area contributed by atoms with Crippen LogP contribution in [0.15, 0.2) is 0 Å². The number of nitrogens with zero attached hydrogens (tertiary/aromatic N) is 2. The SMILES string of the molecule is CN1CCC2C(C1)NCCN2C(=O)OC(C)(C)C. The van der Waals surface area contributed by atoms with Gasteiger partial charge in [-0.2, -0.15) is 0 Å². The molecule has 0 saturated carbocycles. The molecule has 2 aliphatic heterocycles. The van der Waals surface area contributed by atoms with Crippen LogP contribution in [0.3, 0.4) is 0 Å². The minimum atomic E-state index is -0.414. The van der Waals surface area contributed by atoms with E-state index in [-0.39, 0.29) is 12.1 Å². The van der Waals surface area contributed by atoms with Gasteiger partial charge in [-0.3, -0.25) is 0 Å². The molecule has 18 heavy (non-hydrogen) atoms. The summed E-state index contributed by atoms with van der Waals surface area (Å²) in [4.78, 5) is 16.4. The van der Waals surface area contributed by atoms with Gasteiger partial charge in [-0.1, -0.05) is 0 Å². The fourth-order valence-corrected chi connectivity index (χ4v) is 2.76. The molecule has 2 aliphatic rings. The van der Waals surface area contributed by atoms with E-state index in [2.05, 4.69) is 17.3 Å². The average molecular weight is 255 g/mol. The van der Waals surface area contributed by atoms with Crippen molar-refractivity contribution in [3.63, 3.8) is 0 Å². The zero-order chi connectivity index (χ0) is 13.3. The van der Waals surface area contributed by atoms with Crippen LogP contribution in [-0.2, 0) is 4.74 Å². The highest BCUT2D eigenvalue weighted by Crippen LogP contribution is 2.21. The van der Waals surface area contributed by atoms with Crippen LogP contribution in [-0.4, -0.2) is 66.8 Å². The van der Waals surface area contributed by atoms with Gasteiger partial charge in [-0.05, 0) is 40.8 Å². The Morgan fingerprint density at radius 3 is 2.72 bits per heavy atom. The summed E-state index contributed by atoms with van der Waals surface area (Å²) in [6.07, 6.45) is 0.858. The highest BCUT2D eigenvalue weighted by molar-refractivity contribution is 5.69. The maximum absolute atomic E-state index is 12.2. The van der Waals surface area contributed by atoms with Crippen molar-refractivity contribution in [3.05, 3.63) is 0 Å². The summed E-state index contributed by atoms with van der Waals surface area (Å²) in [5, 5.41) is 3.51. The standard InChI is InChI=1S/C13H25N3O2/c1-13(2,3)18-12(17)16-8-6-14-10-9-15(4)7-5-11(10)16/h10-11,14H,5-9H2,1-4H3. The highest BCUT2D eigenvalue weighted by Gasteiger charge is 2.38. The van der Waals surface area contributed by atoms with Crippen molar-refractivity contribution in [2.45, 2.75) is 44.9 Å². The Morgan fingerprint density at radius 1 is 1.33 bits per heavy atom. The van der Waals surface area contributed by atoms with E-state index in [0.717, 1.165) is 32.6 Å². The van der Waals surface area contributed by atoms with Gasteiger partial charge in [0.25, 0.3) is 0 Å². The fourth-order valence-electron chi connectivity index (χ4n) is 2.76. The number of fused-ring (bicyclic) bond motifs is 1. The first-order valence-corrected chi connectivity index (χ1v) is 6.78. The Labute approximate surface area is 109 Å². The van der Waals surface area contributed by atoms with Crippen LogP contribution in [0.1, 0.15) is 27.2 Å². The Morgan fingerprint density at radius 2 is 2.06 bits per heavy atom. The first-order chi connectivity index (χ1) is 8.37. The third-order valence-electron chi connectivity index (χ3n) is 3.57. The van der Waals surface area contributed by atoms with E-state index in [0.29, 0.717) is 6.04 Å². The molecule has 2 rings (SSSR count). The number of piperazine rings is 1. The molecule has 0 aromatic rings. The number of carbonyl (C=O) groups excluding carboxylic acids is 1. The molecule has 5 nitrogen and oxygen atoms in total. The topological polar surface area (TPSA) is 44.8 Å². The van der Waals surface area contributed by atoms with Gasteiger partial charge in [0.1, 0.15) is 5.60 Å². The van der Waals surface area contributed by atoms with Crippen molar-refractivity contribution in [2.75, 3.05) is 33.2 Å². The maximum atomic E-state index is 12.2. The van der Waals surface area contributed by atoms with Gasteiger partial charge in [0, 0.05) is 25.7 Å². The summed E-state index contributed by atoms with van der Waals surface area (Å²) in [5.41, 5.74) is -0.414. The van der Waals surface area contributed by atoms with E-state index < -0.39 is 5.60 Å². The first kappa shape index (κ1) is 13.6. The van der Waals surface area contributed by atoms with E-state index in [1.54, 1.807) is 0 Å². The molecule has 0 aromatic heterocycles. The normalized spacial score (nSPS) is 29.9. The summed E-state index contributed by atoms with van der Waals surface area (Å²) in [5.74, 6) is 0. The number of amides is 1. The predicted octanol–water partition coefficient (Wildman–Crippen LogP) is 0.899. The van der Waals surface area contributed by atoms with E-state index in [1.165, 1.54) is 0 Å². The Kier molecular flexibility index (Phi) is 3.82. The summed E-state index contributed by atoms with van der Waals surface area (Å²) in [6.45, 7) is 9.40. The Bertz CT molecular complexity index is 314.